The van der Waals surface area contributed by atoms with E-state index in [2.05, 4.69) is 20.4 Å². The average Bonchev–Trinajstić information content (AvgIpc) is 2.69. The highest BCUT2D eigenvalue weighted by Crippen LogP contribution is 2.17. The second-order valence-electron chi connectivity index (χ2n) is 3.64. The van der Waals surface area contributed by atoms with Crippen molar-refractivity contribution in [2.45, 2.75) is 20.3 Å². The van der Waals surface area contributed by atoms with Crippen molar-refractivity contribution in [1.82, 2.24) is 19.7 Å². The zero-order valence-corrected chi connectivity index (χ0v) is 10.8. The van der Waals surface area contributed by atoms with Crippen molar-refractivity contribution in [2.24, 2.45) is 0 Å². The maximum Gasteiger partial charge on any atom is 0.159 e. The van der Waals surface area contributed by atoms with E-state index in [4.69, 9.17) is 11.6 Å². The van der Waals surface area contributed by atoms with Crippen molar-refractivity contribution < 1.29 is 0 Å². The summed E-state index contributed by atoms with van der Waals surface area (Å²) in [4.78, 5) is 8.74. The number of nitrogens with one attached hydrogen (secondary N) is 1. The highest BCUT2D eigenvalue weighted by atomic mass is 35.5. The number of hydrogen-bond acceptors (Lipinski definition) is 4. The van der Waals surface area contributed by atoms with Crippen molar-refractivity contribution in [1.29, 1.82) is 0 Å². The minimum absolute atomic E-state index is 0.632. The summed E-state index contributed by atoms with van der Waals surface area (Å²) >= 11 is 5.98. The van der Waals surface area contributed by atoms with Crippen LogP contribution < -0.4 is 5.32 Å². The third-order valence-corrected chi connectivity index (χ3v) is 2.78. The van der Waals surface area contributed by atoms with Gasteiger partial charge in [0.25, 0.3) is 0 Å². The topological polar surface area (TPSA) is 55.6 Å². The Kier molecular flexibility index (Phi) is 3.28. The maximum atomic E-state index is 5.98. The molecular weight excluding hydrogens is 238 g/mol. The average molecular weight is 252 g/mol. The molecule has 2 aromatic heterocycles. The van der Waals surface area contributed by atoms with Gasteiger partial charge < -0.3 is 5.32 Å². The number of anilines is 1. The van der Waals surface area contributed by atoms with Crippen LogP contribution in [0.1, 0.15) is 18.4 Å². The molecule has 0 saturated carbocycles. The van der Waals surface area contributed by atoms with E-state index in [1.165, 1.54) is 0 Å². The number of nitrogens with zero attached hydrogens (tertiary/aromatic N) is 4. The molecule has 0 fully saturated rings. The first kappa shape index (κ1) is 11.9. The molecule has 0 amide bonds. The first-order valence-corrected chi connectivity index (χ1v) is 5.79. The third-order valence-electron chi connectivity index (χ3n) is 2.41. The van der Waals surface area contributed by atoms with E-state index in [0.717, 1.165) is 29.6 Å². The van der Waals surface area contributed by atoms with Crippen LogP contribution in [0.5, 0.6) is 0 Å². The Morgan fingerprint density at radius 2 is 2.18 bits per heavy atom. The second-order valence-corrected chi connectivity index (χ2v) is 4.05. The molecule has 2 heterocycles. The Hall–Kier alpha value is -1.62. The predicted octanol–water partition coefficient (Wildman–Crippen LogP) is 2.23. The van der Waals surface area contributed by atoms with E-state index in [1.54, 1.807) is 10.9 Å². The molecular formula is C11H14ClN5. The van der Waals surface area contributed by atoms with Crippen molar-refractivity contribution >= 4 is 17.4 Å². The fourth-order valence-corrected chi connectivity index (χ4v) is 1.57. The van der Waals surface area contributed by atoms with E-state index in [-0.39, 0.29) is 0 Å². The Morgan fingerprint density at radius 3 is 2.71 bits per heavy atom. The van der Waals surface area contributed by atoms with E-state index in [9.17, 15) is 0 Å². The lowest BCUT2D eigenvalue weighted by molar-refractivity contribution is 0.804. The molecule has 0 aliphatic rings. The van der Waals surface area contributed by atoms with Gasteiger partial charge in [0, 0.05) is 19.5 Å². The fraction of sp³-hybridized carbons (Fsp3) is 0.364. The highest BCUT2D eigenvalue weighted by molar-refractivity contribution is 6.31. The predicted molar refractivity (Wildman–Crippen MR) is 67.8 cm³/mol. The van der Waals surface area contributed by atoms with Crippen molar-refractivity contribution in [3.05, 3.63) is 28.8 Å². The number of hydrogen-bond donors (Lipinski definition) is 1. The summed E-state index contributed by atoms with van der Waals surface area (Å²) in [6.07, 6.45) is 2.52. The quantitative estimate of drug-likeness (QED) is 0.909. The van der Waals surface area contributed by atoms with Gasteiger partial charge >= 0.3 is 0 Å². The Bertz CT molecular complexity index is 493. The molecule has 0 spiro atoms. The van der Waals surface area contributed by atoms with Crippen LogP contribution in [-0.2, 0) is 6.42 Å². The first-order valence-electron chi connectivity index (χ1n) is 5.42. The Balaban J connectivity index is 2.50. The van der Waals surface area contributed by atoms with Crippen LogP contribution in [0.2, 0.25) is 5.02 Å². The van der Waals surface area contributed by atoms with E-state index in [1.807, 2.05) is 27.0 Å². The summed E-state index contributed by atoms with van der Waals surface area (Å²) < 4.78 is 1.67. The van der Waals surface area contributed by atoms with Crippen LogP contribution in [0.15, 0.2) is 12.3 Å². The van der Waals surface area contributed by atoms with Crippen LogP contribution in [0.3, 0.4) is 0 Å². The second kappa shape index (κ2) is 4.71. The number of aromatic nitrogens is 4. The highest BCUT2D eigenvalue weighted by Gasteiger charge is 2.08. The van der Waals surface area contributed by atoms with Crippen LogP contribution in [0.25, 0.3) is 5.82 Å². The summed E-state index contributed by atoms with van der Waals surface area (Å²) in [6.45, 7) is 3.87. The number of rotatable bonds is 3. The summed E-state index contributed by atoms with van der Waals surface area (Å²) in [5.74, 6) is 2.27. The van der Waals surface area contributed by atoms with Crippen LogP contribution in [-0.4, -0.2) is 26.8 Å². The minimum atomic E-state index is 0.632. The smallest absolute Gasteiger partial charge is 0.159 e. The lowest BCUT2D eigenvalue weighted by Gasteiger charge is -2.06. The summed E-state index contributed by atoms with van der Waals surface area (Å²) in [5, 5.41) is 7.94. The zero-order valence-electron chi connectivity index (χ0n) is 10.0. The van der Waals surface area contributed by atoms with E-state index in [0.29, 0.717) is 5.02 Å². The Labute approximate surface area is 105 Å². The third kappa shape index (κ3) is 2.39. The molecule has 2 rings (SSSR count). The molecule has 0 bridgehead atoms. The van der Waals surface area contributed by atoms with Gasteiger partial charge in [-0.2, -0.15) is 5.10 Å². The zero-order chi connectivity index (χ0) is 12.4. The number of halogens is 1. The Morgan fingerprint density at radius 1 is 1.41 bits per heavy atom. The molecule has 5 nitrogen and oxygen atoms in total. The molecule has 0 saturated heterocycles. The molecule has 17 heavy (non-hydrogen) atoms. The fourth-order valence-electron chi connectivity index (χ4n) is 1.44. The van der Waals surface area contributed by atoms with Gasteiger partial charge in [0.1, 0.15) is 11.6 Å². The summed E-state index contributed by atoms with van der Waals surface area (Å²) in [7, 11) is 1.83. The molecule has 0 aromatic carbocycles. The monoisotopic (exact) mass is 251 g/mol. The van der Waals surface area contributed by atoms with Crippen molar-refractivity contribution in [3.63, 3.8) is 0 Å². The van der Waals surface area contributed by atoms with Gasteiger partial charge in [-0.3, -0.25) is 0 Å². The SMILES string of the molecule is CCc1nc(NC)cc(-n2cc(Cl)c(C)n2)n1. The van der Waals surface area contributed by atoms with Gasteiger partial charge in [0.05, 0.1) is 16.9 Å². The van der Waals surface area contributed by atoms with Crippen LogP contribution >= 0.6 is 11.6 Å². The largest absolute Gasteiger partial charge is 0.373 e. The molecule has 6 heteroatoms. The van der Waals surface area contributed by atoms with Gasteiger partial charge in [0.15, 0.2) is 5.82 Å². The van der Waals surface area contributed by atoms with Gasteiger partial charge in [-0.05, 0) is 6.92 Å². The van der Waals surface area contributed by atoms with Crippen molar-refractivity contribution in [2.75, 3.05) is 12.4 Å². The van der Waals surface area contributed by atoms with Gasteiger partial charge in [0.2, 0.25) is 0 Å². The first-order chi connectivity index (χ1) is 8.13. The maximum absolute atomic E-state index is 5.98. The van der Waals surface area contributed by atoms with Crippen molar-refractivity contribution in [3.8, 4) is 5.82 Å². The molecule has 0 aliphatic carbocycles. The van der Waals surface area contributed by atoms with Crippen LogP contribution in [0, 0.1) is 6.92 Å². The molecule has 0 atom stereocenters. The number of aryl methyl sites for hydroxylation is 2. The molecule has 1 N–H and O–H groups in total. The van der Waals surface area contributed by atoms with Gasteiger partial charge in [-0.1, -0.05) is 18.5 Å². The van der Waals surface area contributed by atoms with Gasteiger partial charge in [-0.15, -0.1) is 0 Å². The molecule has 0 radical (unpaired) electrons. The summed E-state index contributed by atoms with van der Waals surface area (Å²) in [5.41, 5.74) is 0.786. The summed E-state index contributed by atoms with van der Waals surface area (Å²) in [6, 6.07) is 1.84. The van der Waals surface area contributed by atoms with Gasteiger partial charge in [-0.25, -0.2) is 14.6 Å². The lowest BCUT2D eigenvalue weighted by Crippen LogP contribution is -2.05. The minimum Gasteiger partial charge on any atom is -0.373 e. The van der Waals surface area contributed by atoms with E-state index >= 15 is 0 Å². The normalized spacial score (nSPS) is 10.6. The molecule has 0 unspecified atom stereocenters. The molecule has 0 aliphatic heterocycles. The standard InChI is InChI=1S/C11H14ClN5/c1-4-9-14-10(13-3)5-11(15-9)17-6-8(12)7(2)16-17/h5-6H,4H2,1-3H3,(H,13,14,15). The van der Waals surface area contributed by atoms with Crippen LogP contribution in [0.4, 0.5) is 5.82 Å². The van der Waals surface area contributed by atoms with E-state index < -0.39 is 0 Å². The molecule has 2 aromatic rings. The molecule has 90 valence electrons. The lowest BCUT2D eigenvalue weighted by atomic mass is 10.4.